The van der Waals surface area contributed by atoms with Crippen molar-refractivity contribution in [2.45, 2.75) is 39.0 Å². The van der Waals surface area contributed by atoms with Crippen molar-refractivity contribution < 1.29 is 4.79 Å². The first-order valence-electron chi connectivity index (χ1n) is 8.59. The van der Waals surface area contributed by atoms with E-state index >= 15 is 0 Å². The summed E-state index contributed by atoms with van der Waals surface area (Å²) in [7, 11) is 0. The van der Waals surface area contributed by atoms with E-state index in [1.165, 1.54) is 30.6 Å². The van der Waals surface area contributed by atoms with E-state index in [2.05, 4.69) is 36.4 Å². The average molecular weight is 356 g/mol. The largest absolute Gasteiger partial charge is 0.365 e. The molecular weight excluding hydrogens is 332 g/mol. The molecule has 2 aliphatic rings. The molecule has 1 saturated carbocycles. The fourth-order valence-electron chi connectivity index (χ4n) is 3.51. The number of benzene rings is 1. The molecule has 1 aliphatic carbocycles. The molecule has 1 fully saturated rings. The van der Waals surface area contributed by atoms with Crippen molar-refractivity contribution in [2.24, 2.45) is 11.1 Å². The van der Waals surface area contributed by atoms with Crippen molar-refractivity contribution in [1.82, 2.24) is 4.98 Å². The van der Waals surface area contributed by atoms with Crippen LogP contribution in [0, 0.1) is 5.41 Å². The van der Waals surface area contributed by atoms with Crippen molar-refractivity contribution in [2.75, 3.05) is 5.75 Å². The lowest BCUT2D eigenvalue weighted by Crippen LogP contribution is -2.29. The molecule has 0 atom stereocenters. The summed E-state index contributed by atoms with van der Waals surface area (Å²) in [4.78, 5) is 25.7. The Balaban J connectivity index is 0.000000314. The molecule has 0 spiro atoms. The standard InChI is InChI=1S/C16H18N2O2.C4H6S/c1-16(2)7-11(8-16)9-3-4-10-5-12(14(17)19)15(20)18-13(10)6-9;1-2-4-5-3-1/h3-6,11H,7-8H2,1-2H3,(H2,17,19)(H,18,20);1,3H,2,4H2. The van der Waals surface area contributed by atoms with Gasteiger partial charge in [0.25, 0.3) is 11.5 Å². The number of nitrogens with one attached hydrogen (secondary N) is 1. The van der Waals surface area contributed by atoms with Crippen molar-refractivity contribution in [3.8, 4) is 0 Å². The Bertz CT molecular complexity index is 869. The summed E-state index contributed by atoms with van der Waals surface area (Å²) in [5, 5.41) is 2.99. The number of primary amides is 1. The van der Waals surface area contributed by atoms with Crippen LogP contribution >= 0.6 is 11.8 Å². The number of pyridine rings is 1. The van der Waals surface area contributed by atoms with Gasteiger partial charge in [-0.1, -0.05) is 32.1 Å². The van der Waals surface area contributed by atoms with Gasteiger partial charge in [-0.15, -0.1) is 11.8 Å². The van der Waals surface area contributed by atoms with E-state index in [9.17, 15) is 9.59 Å². The summed E-state index contributed by atoms with van der Waals surface area (Å²) < 4.78 is 0. The number of aromatic amines is 1. The molecule has 25 heavy (non-hydrogen) atoms. The number of carbonyl (C=O) groups excluding carboxylic acids is 1. The van der Waals surface area contributed by atoms with Crippen LogP contribution in [0.4, 0.5) is 0 Å². The SMILES string of the molecule is C1=CSCC1.CC1(C)CC(c2ccc3cc(C(N)=O)c(=O)[nH]c3c2)C1. The normalized spacial score (nSPS) is 18.5. The van der Waals surface area contributed by atoms with Gasteiger partial charge in [0.2, 0.25) is 0 Å². The molecule has 2 aromatic rings. The Morgan fingerprint density at radius 1 is 1.28 bits per heavy atom. The molecule has 4 nitrogen and oxygen atoms in total. The monoisotopic (exact) mass is 356 g/mol. The van der Waals surface area contributed by atoms with E-state index in [4.69, 9.17) is 5.73 Å². The number of carbonyl (C=O) groups is 1. The van der Waals surface area contributed by atoms with E-state index in [0.717, 1.165) is 10.9 Å². The van der Waals surface area contributed by atoms with Gasteiger partial charge in [-0.2, -0.15) is 0 Å². The molecule has 1 aliphatic heterocycles. The second kappa shape index (κ2) is 7.08. The highest BCUT2D eigenvalue weighted by atomic mass is 32.2. The van der Waals surface area contributed by atoms with Crippen LogP contribution in [0.5, 0.6) is 0 Å². The van der Waals surface area contributed by atoms with Crippen LogP contribution in [0.2, 0.25) is 0 Å². The Morgan fingerprint density at radius 2 is 2.04 bits per heavy atom. The fraction of sp³-hybridized carbons (Fsp3) is 0.400. The highest BCUT2D eigenvalue weighted by Gasteiger charge is 2.36. The number of thioether (sulfide) groups is 1. The lowest BCUT2D eigenvalue weighted by molar-refractivity contribution is 0.0999. The minimum Gasteiger partial charge on any atom is -0.365 e. The number of aromatic nitrogens is 1. The Labute approximate surface area is 151 Å². The minimum absolute atomic E-state index is 0.00928. The van der Waals surface area contributed by atoms with Gasteiger partial charge >= 0.3 is 0 Å². The number of amides is 1. The molecule has 132 valence electrons. The third-order valence-electron chi connectivity index (χ3n) is 4.80. The Kier molecular flexibility index (Phi) is 5.04. The number of nitrogens with two attached hydrogens (primary N) is 1. The van der Waals surface area contributed by atoms with Crippen molar-refractivity contribution in [3.05, 3.63) is 57.2 Å². The molecular formula is C20H24N2O2S. The summed E-state index contributed by atoms with van der Waals surface area (Å²) in [6.07, 6.45) is 5.82. The zero-order chi connectivity index (χ0) is 18.0. The topological polar surface area (TPSA) is 76.0 Å². The molecule has 3 N–H and O–H groups in total. The predicted molar refractivity (Wildman–Crippen MR) is 105 cm³/mol. The maximum Gasteiger partial charge on any atom is 0.261 e. The zero-order valence-corrected chi connectivity index (χ0v) is 15.5. The van der Waals surface area contributed by atoms with Crippen LogP contribution in [-0.4, -0.2) is 16.6 Å². The van der Waals surface area contributed by atoms with Crippen LogP contribution < -0.4 is 11.3 Å². The summed E-state index contributed by atoms with van der Waals surface area (Å²) in [5.74, 6) is 1.17. The number of H-pyrrole nitrogens is 1. The smallest absolute Gasteiger partial charge is 0.261 e. The number of fused-ring (bicyclic) bond motifs is 1. The Morgan fingerprint density at radius 3 is 2.56 bits per heavy atom. The van der Waals surface area contributed by atoms with Gasteiger partial charge in [0.05, 0.1) is 0 Å². The first-order valence-corrected chi connectivity index (χ1v) is 9.64. The van der Waals surface area contributed by atoms with Crippen LogP contribution in [0.15, 0.2) is 40.5 Å². The third kappa shape index (κ3) is 4.15. The van der Waals surface area contributed by atoms with Gasteiger partial charge in [0, 0.05) is 11.3 Å². The van der Waals surface area contributed by atoms with Gasteiger partial charge in [0.1, 0.15) is 5.56 Å². The van der Waals surface area contributed by atoms with Crippen molar-refractivity contribution in [1.29, 1.82) is 0 Å². The molecule has 4 rings (SSSR count). The predicted octanol–water partition coefficient (Wildman–Crippen LogP) is 4.17. The van der Waals surface area contributed by atoms with Gasteiger partial charge in [-0.25, -0.2) is 0 Å². The van der Waals surface area contributed by atoms with E-state index in [-0.39, 0.29) is 5.56 Å². The van der Waals surface area contributed by atoms with Gasteiger partial charge in [-0.05, 0) is 59.1 Å². The summed E-state index contributed by atoms with van der Waals surface area (Å²) >= 11 is 1.89. The van der Waals surface area contributed by atoms with Gasteiger partial charge in [-0.3, -0.25) is 9.59 Å². The summed E-state index contributed by atoms with van der Waals surface area (Å²) in [6.45, 7) is 4.54. The first-order chi connectivity index (χ1) is 11.9. The van der Waals surface area contributed by atoms with Crippen molar-refractivity contribution in [3.63, 3.8) is 0 Å². The highest BCUT2D eigenvalue weighted by Crippen LogP contribution is 2.50. The van der Waals surface area contributed by atoms with E-state index in [1.807, 2.05) is 23.9 Å². The molecule has 0 unspecified atom stereocenters. The van der Waals surface area contributed by atoms with E-state index < -0.39 is 11.5 Å². The molecule has 0 bridgehead atoms. The number of allylic oxidation sites excluding steroid dienone is 1. The van der Waals surface area contributed by atoms with E-state index in [0.29, 0.717) is 11.3 Å². The quantitative estimate of drug-likeness (QED) is 0.848. The lowest BCUT2D eigenvalue weighted by atomic mass is 9.62. The maximum atomic E-state index is 11.8. The molecule has 0 saturated heterocycles. The van der Waals surface area contributed by atoms with Crippen LogP contribution in [0.25, 0.3) is 10.9 Å². The van der Waals surface area contributed by atoms with Gasteiger partial charge in [0.15, 0.2) is 0 Å². The van der Waals surface area contributed by atoms with Crippen LogP contribution in [0.1, 0.15) is 54.9 Å². The van der Waals surface area contributed by atoms with E-state index in [1.54, 1.807) is 6.07 Å². The summed E-state index contributed by atoms with van der Waals surface area (Å²) in [6, 6.07) is 7.59. The molecule has 1 aromatic carbocycles. The second-order valence-corrected chi connectivity index (χ2v) is 8.54. The summed E-state index contributed by atoms with van der Waals surface area (Å²) in [5.41, 5.74) is 7.21. The third-order valence-corrected chi connectivity index (χ3v) is 5.66. The first kappa shape index (κ1) is 17.8. The Hall–Kier alpha value is -2.01. The second-order valence-electron chi connectivity index (χ2n) is 7.52. The fourth-order valence-corrected chi connectivity index (χ4v) is 4.19. The minimum atomic E-state index is -0.696. The lowest BCUT2D eigenvalue weighted by Gasteiger charge is -2.43. The average Bonchev–Trinajstić information content (AvgIpc) is 3.10. The van der Waals surface area contributed by atoms with Crippen LogP contribution in [0.3, 0.4) is 0 Å². The molecule has 0 radical (unpaired) electrons. The number of rotatable bonds is 2. The number of hydrogen-bond acceptors (Lipinski definition) is 3. The molecule has 5 heteroatoms. The van der Waals surface area contributed by atoms with Crippen LogP contribution in [-0.2, 0) is 0 Å². The molecule has 1 aromatic heterocycles. The molecule has 2 heterocycles. The highest BCUT2D eigenvalue weighted by molar-refractivity contribution is 8.02. The van der Waals surface area contributed by atoms with Gasteiger partial charge < -0.3 is 10.7 Å². The number of hydrogen-bond donors (Lipinski definition) is 2. The van der Waals surface area contributed by atoms with Crippen molar-refractivity contribution >= 4 is 28.6 Å². The maximum absolute atomic E-state index is 11.8. The molecule has 1 amide bonds. The zero-order valence-electron chi connectivity index (χ0n) is 14.7.